The molecule has 11 rings (SSSR count). The highest BCUT2D eigenvalue weighted by molar-refractivity contribution is 6.12. The van der Waals surface area contributed by atoms with Crippen LogP contribution in [0.3, 0.4) is 0 Å². The number of hydrogen-bond donors (Lipinski definition) is 0. The van der Waals surface area contributed by atoms with E-state index < -0.39 is 0 Å². The third-order valence-corrected chi connectivity index (χ3v) is 10.9. The van der Waals surface area contributed by atoms with E-state index in [0.717, 1.165) is 61.1 Å². The van der Waals surface area contributed by atoms with Crippen molar-refractivity contribution < 1.29 is 4.42 Å². The first-order valence-electron chi connectivity index (χ1n) is 19.4. The fourth-order valence-electron chi connectivity index (χ4n) is 8.01. The van der Waals surface area contributed by atoms with Crippen LogP contribution in [-0.2, 0) is 0 Å². The molecular weight excluding hydrogens is 709 g/mol. The Kier molecular flexibility index (Phi) is 8.07. The van der Waals surface area contributed by atoms with Crippen molar-refractivity contribution in [1.29, 1.82) is 0 Å². The van der Waals surface area contributed by atoms with Gasteiger partial charge in [0.1, 0.15) is 11.2 Å². The van der Waals surface area contributed by atoms with Crippen LogP contribution in [-0.4, -0.2) is 15.0 Å². The van der Waals surface area contributed by atoms with Crippen molar-refractivity contribution >= 4 is 60.5 Å². The molecule has 0 unspecified atom stereocenters. The SMILES string of the molecule is c1ccc(-c2ccc(N(c3ccc4ccccc4c3)c3ccc4c(c3)oc3cccc(-c5nc(-c6ccccc6)nc(-c6ccc7ccccc7c6)n5)c34)cc2)cc1. The summed E-state index contributed by atoms with van der Waals surface area (Å²) in [6, 6.07) is 71.7. The van der Waals surface area contributed by atoms with Gasteiger partial charge in [-0.3, -0.25) is 0 Å². The molecule has 5 heteroatoms. The minimum Gasteiger partial charge on any atom is -0.456 e. The van der Waals surface area contributed by atoms with Crippen molar-refractivity contribution in [3.63, 3.8) is 0 Å². The van der Waals surface area contributed by atoms with E-state index in [1.165, 1.54) is 27.3 Å². The Morgan fingerprint density at radius 2 is 0.862 bits per heavy atom. The van der Waals surface area contributed by atoms with Gasteiger partial charge in [-0.25, -0.2) is 15.0 Å². The van der Waals surface area contributed by atoms with Crippen LogP contribution in [0.25, 0.3) is 88.8 Å². The minimum absolute atomic E-state index is 0.589. The smallest absolute Gasteiger partial charge is 0.164 e. The zero-order chi connectivity index (χ0) is 38.4. The molecule has 11 aromatic rings. The maximum absolute atomic E-state index is 6.70. The molecule has 0 aliphatic rings. The van der Waals surface area contributed by atoms with Crippen LogP contribution in [0, 0.1) is 0 Å². The van der Waals surface area contributed by atoms with E-state index in [1.54, 1.807) is 0 Å². The molecule has 9 aromatic carbocycles. The molecule has 0 saturated carbocycles. The van der Waals surface area contributed by atoms with Crippen LogP contribution in [0.15, 0.2) is 211 Å². The van der Waals surface area contributed by atoms with E-state index in [4.69, 9.17) is 19.4 Å². The van der Waals surface area contributed by atoms with Gasteiger partial charge in [0.25, 0.3) is 0 Å². The highest BCUT2D eigenvalue weighted by atomic mass is 16.3. The van der Waals surface area contributed by atoms with Crippen LogP contribution in [0.1, 0.15) is 0 Å². The monoisotopic (exact) mass is 742 g/mol. The molecule has 0 radical (unpaired) electrons. The molecule has 0 aliphatic carbocycles. The lowest BCUT2D eigenvalue weighted by Crippen LogP contribution is -2.09. The number of fused-ring (bicyclic) bond motifs is 5. The second-order valence-electron chi connectivity index (χ2n) is 14.5. The zero-order valence-electron chi connectivity index (χ0n) is 31.3. The van der Waals surface area contributed by atoms with Gasteiger partial charge < -0.3 is 9.32 Å². The first-order chi connectivity index (χ1) is 28.7. The van der Waals surface area contributed by atoms with E-state index in [2.05, 4.69) is 163 Å². The zero-order valence-corrected chi connectivity index (χ0v) is 31.3. The predicted molar refractivity (Wildman–Crippen MR) is 239 cm³/mol. The number of nitrogens with zero attached hydrogens (tertiary/aromatic N) is 4. The minimum atomic E-state index is 0.589. The second kappa shape index (κ2) is 14.0. The molecule has 0 N–H and O–H groups in total. The number of aromatic nitrogens is 3. The van der Waals surface area contributed by atoms with E-state index in [1.807, 2.05) is 48.5 Å². The normalized spacial score (nSPS) is 11.4. The summed E-state index contributed by atoms with van der Waals surface area (Å²) in [7, 11) is 0. The van der Waals surface area contributed by atoms with Gasteiger partial charge in [0, 0.05) is 50.6 Å². The van der Waals surface area contributed by atoms with Gasteiger partial charge in [-0.1, -0.05) is 152 Å². The average molecular weight is 743 g/mol. The van der Waals surface area contributed by atoms with Gasteiger partial charge in [-0.15, -0.1) is 0 Å². The van der Waals surface area contributed by atoms with Gasteiger partial charge in [-0.05, 0) is 81.2 Å². The van der Waals surface area contributed by atoms with Crippen molar-refractivity contribution in [3.05, 3.63) is 206 Å². The van der Waals surface area contributed by atoms with E-state index >= 15 is 0 Å². The number of rotatable bonds is 7. The van der Waals surface area contributed by atoms with Crippen LogP contribution in [0.2, 0.25) is 0 Å². The molecule has 2 heterocycles. The van der Waals surface area contributed by atoms with E-state index in [-0.39, 0.29) is 0 Å². The Morgan fingerprint density at radius 3 is 1.60 bits per heavy atom. The standard InChI is InChI=1S/C53H34N4O/c1-3-12-35(13-4-1)38-24-27-43(28-25-38)57(44-29-26-37-15-8-10-19-41(37)33-44)45-30-31-46-49(34-45)58-48-21-11-20-47(50(46)48)53-55-51(39-16-5-2-6-17-39)54-52(56-53)42-23-22-36-14-7-9-18-40(36)32-42/h1-34H. The molecule has 0 saturated heterocycles. The van der Waals surface area contributed by atoms with E-state index in [9.17, 15) is 0 Å². The number of furan rings is 1. The molecule has 0 spiro atoms. The highest BCUT2D eigenvalue weighted by Crippen LogP contribution is 2.42. The van der Waals surface area contributed by atoms with Gasteiger partial charge in [0.2, 0.25) is 0 Å². The summed E-state index contributed by atoms with van der Waals surface area (Å²) in [6.07, 6.45) is 0. The van der Waals surface area contributed by atoms with Crippen molar-refractivity contribution in [2.75, 3.05) is 4.90 Å². The van der Waals surface area contributed by atoms with Gasteiger partial charge in [-0.2, -0.15) is 0 Å². The summed E-state index contributed by atoms with van der Waals surface area (Å²) in [5, 5.41) is 6.62. The predicted octanol–water partition coefficient (Wildman–Crippen LogP) is 14.2. The van der Waals surface area contributed by atoms with Crippen molar-refractivity contribution in [3.8, 4) is 45.3 Å². The second-order valence-corrected chi connectivity index (χ2v) is 14.5. The fraction of sp³-hybridized carbons (Fsp3) is 0. The summed E-state index contributed by atoms with van der Waals surface area (Å²) in [5.41, 5.74) is 9.72. The summed E-state index contributed by atoms with van der Waals surface area (Å²) in [6.45, 7) is 0. The summed E-state index contributed by atoms with van der Waals surface area (Å²) in [4.78, 5) is 17.6. The Labute approximate surface area is 335 Å². The number of anilines is 3. The molecule has 2 aromatic heterocycles. The van der Waals surface area contributed by atoms with Gasteiger partial charge in [0.15, 0.2) is 17.5 Å². The van der Waals surface area contributed by atoms with Crippen LogP contribution < -0.4 is 4.90 Å². The maximum Gasteiger partial charge on any atom is 0.164 e. The van der Waals surface area contributed by atoms with Crippen LogP contribution in [0.4, 0.5) is 17.1 Å². The van der Waals surface area contributed by atoms with E-state index in [0.29, 0.717) is 17.5 Å². The number of hydrogen-bond acceptors (Lipinski definition) is 5. The molecule has 0 amide bonds. The third kappa shape index (κ3) is 6.03. The van der Waals surface area contributed by atoms with Crippen molar-refractivity contribution in [2.45, 2.75) is 0 Å². The topological polar surface area (TPSA) is 55.1 Å². The molecule has 0 fully saturated rings. The number of benzene rings is 9. The Morgan fingerprint density at radius 1 is 0.328 bits per heavy atom. The molecule has 0 bridgehead atoms. The van der Waals surface area contributed by atoms with Crippen LogP contribution >= 0.6 is 0 Å². The quantitative estimate of drug-likeness (QED) is 0.163. The largest absolute Gasteiger partial charge is 0.456 e. The van der Waals surface area contributed by atoms with Gasteiger partial charge >= 0.3 is 0 Å². The fourth-order valence-corrected chi connectivity index (χ4v) is 8.01. The Hall–Kier alpha value is -7.89. The van der Waals surface area contributed by atoms with Crippen LogP contribution in [0.5, 0.6) is 0 Å². The summed E-state index contributed by atoms with van der Waals surface area (Å²) >= 11 is 0. The molecule has 272 valence electrons. The molecule has 58 heavy (non-hydrogen) atoms. The summed E-state index contributed by atoms with van der Waals surface area (Å²) < 4.78 is 6.70. The lowest BCUT2D eigenvalue weighted by molar-refractivity contribution is 0.669. The van der Waals surface area contributed by atoms with Crippen molar-refractivity contribution in [2.24, 2.45) is 0 Å². The first-order valence-corrected chi connectivity index (χ1v) is 19.4. The lowest BCUT2D eigenvalue weighted by Gasteiger charge is -2.26. The molecule has 0 atom stereocenters. The maximum atomic E-state index is 6.70. The highest BCUT2D eigenvalue weighted by Gasteiger charge is 2.20. The Balaban J connectivity index is 1.06. The molecule has 5 nitrogen and oxygen atoms in total. The third-order valence-electron chi connectivity index (χ3n) is 10.9. The lowest BCUT2D eigenvalue weighted by atomic mass is 10.0. The summed E-state index contributed by atoms with van der Waals surface area (Å²) in [5.74, 6) is 1.82. The van der Waals surface area contributed by atoms with Crippen molar-refractivity contribution in [1.82, 2.24) is 15.0 Å². The Bertz CT molecular complexity index is 3280. The average Bonchev–Trinajstić information content (AvgIpc) is 3.68. The first kappa shape index (κ1) is 33.4. The molecule has 0 aliphatic heterocycles. The molecular formula is C53H34N4O. The van der Waals surface area contributed by atoms with Gasteiger partial charge in [0.05, 0.1) is 0 Å².